The van der Waals surface area contributed by atoms with Crippen molar-refractivity contribution in [3.05, 3.63) is 51.7 Å². The van der Waals surface area contributed by atoms with Crippen LogP contribution in [0, 0.1) is 0 Å². The first kappa shape index (κ1) is 15.3. The molecule has 2 aromatic rings. The van der Waals surface area contributed by atoms with Crippen LogP contribution in [0.25, 0.3) is 0 Å². The van der Waals surface area contributed by atoms with Gasteiger partial charge in [-0.3, -0.25) is 4.72 Å². The molecule has 1 aromatic heterocycles. The molecule has 0 unspecified atom stereocenters. The summed E-state index contributed by atoms with van der Waals surface area (Å²) < 4.78 is 28.1. The number of aryl methyl sites for hydroxylation is 1. The van der Waals surface area contributed by atoms with Crippen molar-refractivity contribution in [2.24, 2.45) is 0 Å². The molecule has 0 saturated carbocycles. The van der Waals surface area contributed by atoms with Crippen LogP contribution < -0.4 is 4.72 Å². The van der Waals surface area contributed by atoms with Gasteiger partial charge >= 0.3 is 0 Å². The number of hydrogen-bond acceptors (Lipinski definition) is 3. The van der Waals surface area contributed by atoms with E-state index < -0.39 is 10.0 Å². The highest BCUT2D eigenvalue weighted by Gasteiger charge is 2.18. The van der Waals surface area contributed by atoms with Gasteiger partial charge in [-0.2, -0.15) is 0 Å². The van der Waals surface area contributed by atoms with Gasteiger partial charge in [-0.25, -0.2) is 13.4 Å². The number of nitrogens with one attached hydrogen (secondary N) is 1. The first-order valence-corrected chi connectivity index (χ1v) is 8.50. The second-order valence-corrected chi connectivity index (χ2v) is 7.03. The molecule has 2 rings (SSSR count). The second-order valence-electron chi connectivity index (χ2n) is 4.08. The normalized spacial score (nSPS) is 11.3. The maximum atomic E-state index is 12.4. The lowest BCUT2D eigenvalue weighted by atomic mass is 10.2. The Balaban J connectivity index is 2.38. The third-order valence-electron chi connectivity index (χ3n) is 2.67. The van der Waals surface area contributed by atoms with Crippen molar-refractivity contribution in [1.82, 2.24) is 4.98 Å². The van der Waals surface area contributed by atoms with E-state index in [0.29, 0.717) is 17.3 Å². The first-order chi connectivity index (χ1) is 9.42. The van der Waals surface area contributed by atoms with Gasteiger partial charge in [0.2, 0.25) is 0 Å². The van der Waals surface area contributed by atoms with E-state index in [9.17, 15) is 8.42 Å². The fraction of sp³-hybridized carbons (Fsp3) is 0.154. The molecule has 0 fully saturated rings. The van der Waals surface area contributed by atoms with Crippen LogP contribution in [0.2, 0.25) is 5.15 Å². The van der Waals surface area contributed by atoms with Gasteiger partial charge in [0.15, 0.2) is 0 Å². The van der Waals surface area contributed by atoms with Crippen molar-refractivity contribution in [2.45, 2.75) is 18.2 Å². The van der Waals surface area contributed by atoms with E-state index in [1.807, 2.05) is 6.92 Å². The highest BCUT2D eigenvalue weighted by Crippen LogP contribution is 2.23. The summed E-state index contributed by atoms with van der Waals surface area (Å²) >= 11 is 9.01. The number of halogens is 2. The number of nitrogens with zero attached hydrogens (tertiary/aromatic N) is 1. The Bertz CT molecular complexity index is 718. The fourth-order valence-corrected chi connectivity index (χ4v) is 3.59. The topological polar surface area (TPSA) is 59.1 Å². The monoisotopic (exact) mass is 374 g/mol. The standard InChI is InChI=1S/C13H12BrClN2O2S/c1-2-9-7-10(14)3-5-12(9)20(18,19)17-11-4-6-13(15)16-8-11/h3-8,17H,2H2,1H3. The zero-order valence-corrected chi connectivity index (χ0v) is 13.8. The molecule has 1 N–H and O–H groups in total. The van der Waals surface area contributed by atoms with Crippen molar-refractivity contribution in [3.63, 3.8) is 0 Å². The van der Waals surface area contributed by atoms with Gasteiger partial charge in [0.1, 0.15) is 5.15 Å². The molecule has 0 aliphatic carbocycles. The van der Waals surface area contributed by atoms with Crippen molar-refractivity contribution in [3.8, 4) is 0 Å². The number of anilines is 1. The molecular formula is C13H12BrClN2O2S. The molecule has 0 radical (unpaired) electrons. The Labute approximate surface area is 131 Å². The summed E-state index contributed by atoms with van der Waals surface area (Å²) in [7, 11) is -3.64. The van der Waals surface area contributed by atoms with Gasteiger partial charge in [-0.1, -0.05) is 34.5 Å². The summed E-state index contributed by atoms with van der Waals surface area (Å²) in [6.45, 7) is 1.91. The van der Waals surface area contributed by atoms with E-state index in [1.54, 1.807) is 24.3 Å². The molecule has 20 heavy (non-hydrogen) atoms. The molecule has 0 spiro atoms. The van der Waals surface area contributed by atoms with E-state index in [2.05, 4.69) is 25.6 Å². The minimum absolute atomic E-state index is 0.262. The molecule has 1 heterocycles. The molecule has 0 bridgehead atoms. The Kier molecular flexibility index (Phi) is 4.67. The van der Waals surface area contributed by atoms with Crippen LogP contribution in [0.15, 0.2) is 45.9 Å². The average Bonchev–Trinajstić information content (AvgIpc) is 2.40. The largest absolute Gasteiger partial charge is 0.278 e. The van der Waals surface area contributed by atoms with Gasteiger partial charge in [-0.05, 0) is 42.3 Å². The molecule has 1 aromatic carbocycles. The average molecular weight is 376 g/mol. The van der Waals surface area contributed by atoms with Crippen LogP contribution in [0.4, 0.5) is 5.69 Å². The Hall–Kier alpha value is -1.11. The lowest BCUT2D eigenvalue weighted by Crippen LogP contribution is -2.15. The molecule has 106 valence electrons. The number of hydrogen-bond donors (Lipinski definition) is 1. The molecular weight excluding hydrogens is 364 g/mol. The first-order valence-electron chi connectivity index (χ1n) is 5.85. The summed E-state index contributed by atoms with van der Waals surface area (Å²) in [5.74, 6) is 0. The van der Waals surface area contributed by atoms with Crippen LogP contribution in [-0.2, 0) is 16.4 Å². The number of sulfonamides is 1. The highest BCUT2D eigenvalue weighted by atomic mass is 79.9. The van der Waals surface area contributed by atoms with Crippen LogP contribution in [0.3, 0.4) is 0 Å². The van der Waals surface area contributed by atoms with Crippen LogP contribution in [-0.4, -0.2) is 13.4 Å². The summed E-state index contributed by atoms with van der Waals surface area (Å²) in [6.07, 6.45) is 2.00. The predicted molar refractivity (Wildman–Crippen MR) is 83.6 cm³/mol. The summed E-state index contributed by atoms with van der Waals surface area (Å²) in [5, 5.41) is 0.311. The predicted octanol–water partition coefficient (Wildman–Crippen LogP) is 3.86. The lowest BCUT2D eigenvalue weighted by Gasteiger charge is -2.11. The molecule has 7 heteroatoms. The number of rotatable bonds is 4. The maximum absolute atomic E-state index is 12.4. The van der Waals surface area contributed by atoms with Crippen LogP contribution in [0.1, 0.15) is 12.5 Å². The Morgan fingerprint density at radius 3 is 2.65 bits per heavy atom. The quantitative estimate of drug-likeness (QED) is 0.826. The molecule has 0 amide bonds. The third-order valence-corrected chi connectivity index (χ3v) is 4.87. The summed E-state index contributed by atoms with van der Waals surface area (Å²) in [6, 6.07) is 8.18. The third kappa shape index (κ3) is 3.50. The summed E-state index contributed by atoms with van der Waals surface area (Å²) in [5.41, 5.74) is 1.12. The maximum Gasteiger partial charge on any atom is 0.262 e. The number of benzene rings is 1. The smallest absolute Gasteiger partial charge is 0.262 e. The van der Waals surface area contributed by atoms with Gasteiger partial charge < -0.3 is 0 Å². The number of aromatic nitrogens is 1. The van der Waals surface area contributed by atoms with Gasteiger partial charge in [0.25, 0.3) is 10.0 Å². The van der Waals surface area contributed by atoms with Gasteiger partial charge in [0.05, 0.1) is 16.8 Å². The van der Waals surface area contributed by atoms with Crippen molar-refractivity contribution < 1.29 is 8.42 Å². The lowest BCUT2D eigenvalue weighted by molar-refractivity contribution is 0.600. The van der Waals surface area contributed by atoms with Gasteiger partial charge in [-0.15, -0.1) is 0 Å². The van der Waals surface area contributed by atoms with Crippen molar-refractivity contribution >= 4 is 43.2 Å². The Morgan fingerprint density at radius 2 is 2.05 bits per heavy atom. The minimum atomic E-state index is -3.64. The molecule has 0 atom stereocenters. The second kappa shape index (κ2) is 6.11. The van der Waals surface area contributed by atoms with Gasteiger partial charge in [0, 0.05) is 4.47 Å². The van der Waals surface area contributed by atoms with E-state index in [1.165, 1.54) is 12.3 Å². The van der Waals surface area contributed by atoms with E-state index in [4.69, 9.17) is 11.6 Å². The molecule has 0 saturated heterocycles. The number of pyridine rings is 1. The van der Waals surface area contributed by atoms with E-state index in [-0.39, 0.29) is 4.90 Å². The SMILES string of the molecule is CCc1cc(Br)ccc1S(=O)(=O)Nc1ccc(Cl)nc1. The van der Waals surface area contributed by atoms with Crippen molar-refractivity contribution in [1.29, 1.82) is 0 Å². The Morgan fingerprint density at radius 1 is 1.30 bits per heavy atom. The van der Waals surface area contributed by atoms with E-state index in [0.717, 1.165) is 10.0 Å². The highest BCUT2D eigenvalue weighted by molar-refractivity contribution is 9.10. The zero-order chi connectivity index (χ0) is 14.8. The van der Waals surface area contributed by atoms with Crippen LogP contribution >= 0.6 is 27.5 Å². The fourth-order valence-electron chi connectivity index (χ4n) is 1.73. The van der Waals surface area contributed by atoms with Crippen molar-refractivity contribution in [2.75, 3.05) is 4.72 Å². The molecule has 4 nitrogen and oxygen atoms in total. The summed E-state index contributed by atoms with van der Waals surface area (Å²) in [4.78, 5) is 4.11. The molecule has 0 aliphatic heterocycles. The zero-order valence-electron chi connectivity index (χ0n) is 10.6. The van der Waals surface area contributed by atoms with Crippen LogP contribution in [0.5, 0.6) is 0 Å². The van der Waals surface area contributed by atoms with E-state index >= 15 is 0 Å². The molecule has 0 aliphatic rings. The minimum Gasteiger partial charge on any atom is -0.278 e.